The molecule has 0 spiro atoms. The van der Waals surface area contributed by atoms with Gasteiger partial charge < -0.3 is 10.8 Å². The topological polar surface area (TPSA) is 49.5 Å². The lowest BCUT2D eigenvalue weighted by atomic mass is 9.94. The van der Waals surface area contributed by atoms with Crippen LogP contribution in [-0.4, -0.2) is 35.2 Å². The second-order valence-electron chi connectivity index (χ2n) is 6.11. The molecule has 3 nitrogen and oxygen atoms in total. The number of likely N-dealkylation sites (tertiary alicyclic amines) is 1. The van der Waals surface area contributed by atoms with Crippen molar-refractivity contribution in [1.29, 1.82) is 0 Å². The Morgan fingerprint density at radius 2 is 2.00 bits per heavy atom. The number of hydrogen-bond acceptors (Lipinski definition) is 3. The lowest BCUT2D eigenvalue weighted by Gasteiger charge is -2.38. The standard InChI is InChI=1S/C16H26N2O/c1-12-9-15(17)11-18(10-12)13(2)3-4-14-5-7-16(19)8-6-14/h5-8,12-13,15,19H,3-4,9-11,17H2,1-2H3. The fourth-order valence-electron chi connectivity index (χ4n) is 3.02. The van der Waals surface area contributed by atoms with Gasteiger partial charge in [0, 0.05) is 25.2 Å². The van der Waals surface area contributed by atoms with Crippen molar-refractivity contribution in [2.45, 2.75) is 45.2 Å². The minimum Gasteiger partial charge on any atom is -0.508 e. The highest BCUT2D eigenvalue weighted by Gasteiger charge is 2.25. The molecule has 1 fully saturated rings. The normalized spacial score (nSPS) is 26.3. The highest BCUT2D eigenvalue weighted by Crippen LogP contribution is 2.20. The number of hydrogen-bond donors (Lipinski definition) is 2. The molecule has 3 atom stereocenters. The van der Waals surface area contributed by atoms with Crippen molar-refractivity contribution in [2.75, 3.05) is 13.1 Å². The predicted molar refractivity (Wildman–Crippen MR) is 79.2 cm³/mol. The number of aromatic hydroxyl groups is 1. The van der Waals surface area contributed by atoms with E-state index in [0.29, 0.717) is 23.8 Å². The maximum Gasteiger partial charge on any atom is 0.115 e. The molecule has 1 saturated heterocycles. The number of phenols is 1. The smallest absolute Gasteiger partial charge is 0.115 e. The van der Waals surface area contributed by atoms with E-state index in [1.165, 1.54) is 12.1 Å². The Balaban J connectivity index is 1.83. The Morgan fingerprint density at radius 3 is 2.63 bits per heavy atom. The Hall–Kier alpha value is -1.06. The summed E-state index contributed by atoms with van der Waals surface area (Å²) in [6.45, 7) is 6.79. The molecule has 0 radical (unpaired) electrons. The van der Waals surface area contributed by atoms with E-state index < -0.39 is 0 Å². The van der Waals surface area contributed by atoms with E-state index in [0.717, 1.165) is 25.8 Å². The van der Waals surface area contributed by atoms with Gasteiger partial charge in [0.1, 0.15) is 5.75 Å². The van der Waals surface area contributed by atoms with Crippen molar-refractivity contribution >= 4 is 0 Å². The highest BCUT2D eigenvalue weighted by molar-refractivity contribution is 5.25. The van der Waals surface area contributed by atoms with Crippen LogP contribution >= 0.6 is 0 Å². The van der Waals surface area contributed by atoms with Gasteiger partial charge >= 0.3 is 0 Å². The summed E-state index contributed by atoms with van der Waals surface area (Å²) >= 11 is 0. The zero-order valence-corrected chi connectivity index (χ0v) is 12.0. The third-order valence-electron chi connectivity index (χ3n) is 4.13. The minimum atomic E-state index is 0.333. The van der Waals surface area contributed by atoms with Crippen LogP contribution < -0.4 is 5.73 Å². The molecular formula is C16H26N2O. The molecule has 3 unspecified atom stereocenters. The Labute approximate surface area is 116 Å². The van der Waals surface area contributed by atoms with Crippen LogP contribution in [0.1, 0.15) is 32.3 Å². The molecule has 3 heteroatoms. The average molecular weight is 262 g/mol. The number of nitrogens with zero attached hydrogens (tertiary/aromatic N) is 1. The van der Waals surface area contributed by atoms with E-state index in [4.69, 9.17) is 5.73 Å². The van der Waals surface area contributed by atoms with Crippen LogP contribution in [0.3, 0.4) is 0 Å². The molecule has 1 aliphatic heterocycles. The number of piperidine rings is 1. The molecular weight excluding hydrogens is 236 g/mol. The first-order chi connectivity index (χ1) is 9.04. The number of nitrogens with two attached hydrogens (primary N) is 1. The van der Waals surface area contributed by atoms with Crippen molar-refractivity contribution in [3.8, 4) is 5.75 Å². The van der Waals surface area contributed by atoms with E-state index in [2.05, 4.69) is 18.7 Å². The van der Waals surface area contributed by atoms with Gasteiger partial charge in [0.05, 0.1) is 0 Å². The summed E-state index contributed by atoms with van der Waals surface area (Å²) in [7, 11) is 0. The lowest BCUT2D eigenvalue weighted by Crippen LogP contribution is -2.49. The largest absolute Gasteiger partial charge is 0.508 e. The van der Waals surface area contributed by atoms with Gasteiger partial charge in [-0.3, -0.25) is 4.90 Å². The molecule has 1 heterocycles. The van der Waals surface area contributed by atoms with Crippen molar-refractivity contribution in [2.24, 2.45) is 11.7 Å². The number of phenolic OH excluding ortho intramolecular Hbond substituents is 1. The van der Waals surface area contributed by atoms with E-state index in [-0.39, 0.29) is 0 Å². The molecule has 0 amide bonds. The SMILES string of the molecule is CC1CC(N)CN(C(C)CCc2ccc(O)cc2)C1. The number of rotatable bonds is 4. The maximum absolute atomic E-state index is 9.27. The average Bonchev–Trinajstić information content (AvgIpc) is 2.36. The zero-order valence-electron chi connectivity index (χ0n) is 12.0. The Kier molecular flexibility index (Phi) is 4.83. The first kappa shape index (κ1) is 14.4. The third-order valence-corrected chi connectivity index (χ3v) is 4.13. The second-order valence-corrected chi connectivity index (χ2v) is 6.11. The molecule has 19 heavy (non-hydrogen) atoms. The van der Waals surface area contributed by atoms with E-state index in [1.54, 1.807) is 12.1 Å². The molecule has 1 aliphatic rings. The van der Waals surface area contributed by atoms with Crippen molar-refractivity contribution in [3.63, 3.8) is 0 Å². The Bertz CT molecular complexity index is 380. The molecule has 2 rings (SSSR count). The molecule has 1 aromatic rings. The van der Waals surface area contributed by atoms with Crippen LogP contribution in [-0.2, 0) is 6.42 Å². The molecule has 1 aromatic carbocycles. The molecule has 106 valence electrons. The van der Waals surface area contributed by atoms with Crippen LogP contribution in [0.5, 0.6) is 5.75 Å². The van der Waals surface area contributed by atoms with Gasteiger partial charge in [-0.25, -0.2) is 0 Å². The molecule has 0 bridgehead atoms. The molecule has 0 aliphatic carbocycles. The summed E-state index contributed by atoms with van der Waals surface area (Å²) in [5, 5.41) is 9.27. The summed E-state index contributed by atoms with van der Waals surface area (Å²) in [6.07, 6.45) is 3.35. The van der Waals surface area contributed by atoms with Crippen LogP contribution in [0.25, 0.3) is 0 Å². The first-order valence-electron chi connectivity index (χ1n) is 7.32. The van der Waals surface area contributed by atoms with Crippen molar-refractivity contribution in [3.05, 3.63) is 29.8 Å². The molecule has 0 aromatic heterocycles. The van der Waals surface area contributed by atoms with E-state index in [9.17, 15) is 5.11 Å². The zero-order chi connectivity index (χ0) is 13.8. The maximum atomic E-state index is 9.27. The minimum absolute atomic E-state index is 0.333. The Morgan fingerprint density at radius 1 is 1.32 bits per heavy atom. The molecule has 3 N–H and O–H groups in total. The highest BCUT2D eigenvalue weighted by atomic mass is 16.3. The predicted octanol–water partition coefficient (Wildman–Crippen LogP) is 2.38. The second kappa shape index (κ2) is 6.40. The molecule has 0 saturated carbocycles. The van der Waals surface area contributed by atoms with Crippen LogP contribution in [0.2, 0.25) is 0 Å². The summed E-state index contributed by atoms with van der Waals surface area (Å²) in [4.78, 5) is 2.53. The van der Waals surface area contributed by atoms with Crippen LogP contribution in [0.15, 0.2) is 24.3 Å². The summed E-state index contributed by atoms with van der Waals surface area (Å²) in [6, 6.07) is 8.44. The van der Waals surface area contributed by atoms with Crippen molar-refractivity contribution < 1.29 is 5.11 Å². The quantitative estimate of drug-likeness (QED) is 0.876. The fraction of sp³-hybridized carbons (Fsp3) is 0.625. The lowest BCUT2D eigenvalue weighted by molar-refractivity contribution is 0.119. The van der Waals surface area contributed by atoms with Gasteiger partial charge in [0.2, 0.25) is 0 Å². The van der Waals surface area contributed by atoms with Gasteiger partial charge in [0.15, 0.2) is 0 Å². The van der Waals surface area contributed by atoms with Gasteiger partial charge in [-0.15, -0.1) is 0 Å². The van der Waals surface area contributed by atoms with Gasteiger partial charge in [0.25, 0.3) is 0 Å². The summed E-state index contributed by atoms with van der Waals surface area (Å²) in [5.74, 6) is 1.05. The first-order valence-corrected chi connectivity index (χ1v) is 7.32. The van der Waals surface area contributed by atoms with E-state index in [1.807, 2.05) is 12.1 Å². The van der Waals surface area contributed by atoms with Crippen LogP contribution in [0.4, 0.5) is 0 Å². The fourth-order valence-corrected chi connectivity index (χ4v) is 3.02. The number of aryl methyl sites for hydroxylation is 1. The van der Waals surface area contributed by atoms with Gasteiger partial charge in [-0.1, -0.05) is 19.1 Å². The van der Waals surface area contributed by atoms with E-state index >= 15 is 0 Å². The summed E-state index contributed by atoms with van der Waals surface area (Å²) in [5.41, 5.74) is 7.40. The third kappa shape index (κ3) is 4.22. The van der Waals surface area contributed by atoms with Crippen molar-refractivity contribution in [1.82, 2.24) is 4.90 Å². The summed E-state index contributed by atoms with van der Waals surface area (Å²) < 4.78 is 0. The van der Waals surface area contributed by atoms with Gasteiger partial charge in [-0.2, -0.15) is 0 Å². The van der Waals surface area contributed by atoms with Crippen LogP contribution in [0, 0.1) is 5.92 Å². The monoisotopic (exact) mass is 262 g/mol. The number of benzene rings is 1. The van der Waals surface area contributed by atoms with Gasteiger partial charge in [-0.05, 0) is 49.8 Å².